The molecular weight excluding hydrogens is 200 g/mol. The van der Waals surface area contributed by atoms with E-state index in [-0.39, 0.29) is 17.1 Å². The number of carbonyl (C=O) groups is 1. The van der Waals surface area contributed by atoms with Gasteiger partial charge in [-0.1, -0.05) is 20.3 Å². The molecule has 0 amide bonds. The van der Waals surface area contributed by atoms with E-state index >= 15 is 0 Å². The highest BCUT2D eigenvalue weighted by atomic mass is 16.3. The summed E-state index contributed by atoms with van der Waals surface area (Å²) >= 11 is 0. The second-order valence-corrected chi connectivity index (χ2v) is 6.49. The van der Waals surface area contributed by atoms with Crippen molar-refractivity contribution in [3.63, 3.8) is 0 Å². The third kappa shape index (κ3) is 1.71. The molecule has 0 aromatic carbocycles. The van der Waals surface area contributed by atoms with Gasteiger partial charge in [0.1, 0.15) is 5.78 Å². The molecule has 2 heteroatoms. The van der Waals surface area contributed by atoms with Crippen molar-refractivity contribution >= 4 is 5.78 Å². The molecular formula is C14H24O2. The van der Waals surface area contributed by atoms with Gasteiger partial charge >= 0.3 is 0 Å². The fourth-order valence-corrected chi connectivity index (χ4v) is 3.85. The van der Waals surface area contributed by atoms with Crippen LogP contribution in [-0.2, 0) is 4.79 Å². The van der Waals surface area contributed by atoms with E-state index in [1.54, 1.807) is 6.92 Å². The molecule has 0 aliphatic heterocycles. The lowest BCUT2D eigenvalue weighted by Gasteiger charge is -2.55. The molecule has 1 N–H and O–H groups in total. The largest absolute Gasteiger partial charge is 0.389 e. The molecule has 0 aromatic rings. The van der Waals surface area contributed by atoms with Crippen molar-refractivity contribution in [2.24, 2.45) is 17.3 Å². The normalized spacial score (nSPS) is 42.5. The number of hydrogen-bond donors (Lipinski definition) is 1. The predicted octanol–water partition coefficient (Wildman–Crippen LogP) is 2.93. The summed E-state index contributed by atoms with van der Waals surface area (Å²) in [7, 11) is 0. The maximum atomic E-state index is 11.5. The van der Waals surface area contributed by atoms with Crippen LogP contribution in [0.15, 0.2) is 0 Å². The Balaban J connectivity index is 2.24. The molecule has 0 saturated heterocycles. The van der Waals surface area contributed by atoms with Gasteiger partial charge in [0.25, 0.3) is 0 Å². The van der Waals surface area contributed by atoms with Gasteiger partial charge in [-0.25, -0.2) is 0 Å². The first-order valence-electron chi connectivity index (χ1n) is 6.60. The van der Waals surface area contributed by atoms with Crippen LogP contribution >= 0.6 is 0 Å². The maximum absolute atomic E-state index is 11.5. The first kappa shape index (κ1) is 12.1. The lowest BCUT2D eigenvalue weighted by Crippen LogP contribution is -2.56. The van der Waals surface area contributed by atoms with E-state index in [9.17, 15) is 9.90 Å². The number of rotatable bonds is 1. The van der Waals surface area contributed by atoms with Gasteiger partial charge in [0.2, 0.25) is 0 Å². The summed E-state index contributed by atoms with van der Waals surface area (Å²) in [5.41, 5.74) is -0.621. The summed E-state index contributed by atoms with van der Waals surface area (Å²) < 4.78 is 0. The van der Waals surface area contributed by atoms with Gasteiger partial charge in [-0.15, -0.1) is 0 Å². The molecule has 16 heavy (non-hydrogen) atoms. The molecule has 2 rings (SSSR count). The zero-order chi connectivity index (χ0) is 12.0. The Morgan fingerprint density at radius 2 is 1.94 bits per heavy atom. The van der Waals surface area contributed by atoms with Gasteiger partial charge in [-0.2, -0.15) is 0 Å². The van der Waals surface area contributed by atoms with Crippen molar-refractivity contribution in [1.82, 2.24) is 0 Å². The van der Waals surface area contributed by atoms with Crippen molar-refractivity contribution in [1.29, 1.82) is 0 Å². The Bertz CT molecular complexity index is 295. The Hall–Kier alpha value is -0.370. The van der Waals surface area contributed by atoms with E-state index in [0.717, 1.165) is 25.7 Å². The number of ketones is 1. The monoisotopic (exact) mass is 224 g/mol. The van der Waals surface area contributed by atoms with E-state index in [4.69, 9.17) is 0 Å². The van der Waals surface area contributed by atoms with Crippen LogP contribution in [0.2, 0.25) is 0 Å². The quantitative estimate of drug-likeness (QED) is 0.743. The molecule has 0 spiro atoms. The molecule has 2 aliphatic carbocycles. The van der Waals surface area contributed by atoms with Crippen LogP contribution in [0, 0.1) is 17.3 Å². The number of fused-ring (bicyclic) bond motifs is 1. The Morgan fingerprint density at radius 3 is 2.56 bits per heavy atom. The first-order valence-corrected chi connectivity index (χ1v) is 6.60. The average molecular weight is 224 g/mol. The highest BCUT2D eigenvalue weighted by Gasteiger charge is 2.54. The second-order valence-electron chi connectivity index (χ2n) is 6.49. The van der Waals surface area contributed by atoms with Crippen LogP contribution in [0.25, 0.3) is 0 Å². The van der Waals surface area contributed by atoms with Crippen molar-refractivity contribution < 1.29 is 9.90 Å². The molecule has 0 aromatic heterocycles. The molecule has 0 bridgehead atoms. The minimum atomic E-state index is -0.597. The molecule has 2 fully saturated rings. The van der Waals surface area contributed by atoms with Crippen LogP contribution in [0.4, 0.5) is 0 Å². The van der Waals surface area contributed by atoms with Crippen LogP contribution < -0.4 is 0 Å². The second kappa shape index (κ2) is 3.83. The van der Waals surface area contributed by atoms with E-state index < -0.39 is 5.60 Å². The van der Waals surface area contributed by atoms with Gasteiger partial charge in [0.15, 0.2) is 0 Å². The van der Waals surface area contributed by atoms with Gasteiger partial charge in [-0.3, -0.25) is 4.79 Å². The maximum Gasteiger partial charge on any atom is 0.133 e. The molecule has 2 saturated carbocycles. The van der Waals surface area contributed by atoms with Crippen LogP contribution in [0.1, 0.15) is 59.3 Å². The van der Waals surface area contributed by atoms with Crippen LogP contribution in [0.5, 0.6) is 0 Å². The molecule has 0 heterocycles. The van der Waals surface area contributed by atoms with Crippen LogP contribution in [0.3, 0.4) is 0 Å². The van der Waals surface area contributed by atoms with Crippen molar-refractivity contribution in [2.45, 2.75) is 64.9 Å². The Kier molecular flexibility index (Phi) is 2.90. The summed E-state index contributed by atoms with van der Waals surface area (Å²) in [6, 6.07) is 0. The SMILES string of the molecule is CC(=O)C1CCC2CCCC(C)(C)C2(O)C1. The fraction of sp³-hybridized carbons (Fsp3) is 0.929. The van der Waals surface area contributed by atoms with E-state index in [1.165, 1.54) is 6.42 Å². The van der Waals surface area contributed by atoms with Gasteiger partial charge in [0.05, 0.1) is 5.60 Å². The minimum Gasteiger partial charge on any atom is -0.389 e. The molecule has 3 atom stereocenters. The van der Waals surface area contributed by atoms with Gasteiger partial charge < -0.3 is 5.11 Å². The number of carbonyl (C=O) groups excluding carboxylic acids is 1. The smallest absolute Gasteiger partial charge is 0.133 e. The Morgan fingerprint density at radius 1 is 1.25 bits per heavy atom. The van der Waals surface area contributed by atoms with Crippen molar-refractivity contribution in [3.8, 4) is 0 Å². The summed E-state index contributed by atoms with van der Waals surface area (Å²) in [6.07, 6.45) is 6.17. The average Bonchev–Trinajstić information content (AvgIpc) is 2.18. The fourth-order valence-electron chi connectivity index (χ4n) is 3.85. The highest BCUT2D eigenvalue weighted by Crippen LogP contribution is 2.54. The predicted molar refractivity (Wildman–Crippen MR) is 64.1 cm³/mol. The van der Waals surface area contributed by atoms with E-state index in [2.05, 4.69) is 13.8 Å². The highest BCUT2D eigenvalue weighted by molar-refractivity contribution is 5.78. The lowest BCUT2D eigenvalue weighted by molar-refractivity contribution is -0.172. The zero-order valence-electron chi connectivity index (χ0n) is 10.8. The molecule has 92 valence electrons. The molecule has 2 nitrogen and oxygen atoms in total. The third-order valence-corrected chi connectivity index (χ3v) is 5.20. The van der Waals surface area contributed by atoms with E-state index in [1.807, 2.05) is 0 Å². The summed E-state index contributed by atoms with van der Waals surface area (Å²) in [5, 5.41) is 11.0. The van der Waals surface area contributed by atoms with Gasteiger partial charge in [-0.05, 0) is 50.4 Å². The minimum absolute atomic E-state index is 0.0238. The first-order chi connectivity index (χ1) is 7.37. The standard InChI is InChI=1S/C14H24O2/c1-10(15)11-6-7-12-5-4-8-13(2,3)14(12,16)9-11/h11-12,16H,4-9H2,1-3H3. The van der Waals surface area contributed by atoms with E-state index in [0.29, 0.717) is 12.3 Å². The molecule has 0 radical (unpaired) electrons. The number of hydrogen-bond acceptors (Lipinski definition) is 2. The Labute approximate surface area is 98.4 Å². The summed E-state index contributed by atoms with van der Waals surface area (Å²) in [6.45, 7) is 6.01. The van der Waals surface area contributed by atoms with Crippen LogP contribution in [-0.4, -0.2) is 16.5 Å². The van der Waals surface area contributed by atoms with Crippen molar-refractivity contribution in [2.75, 3.05) is 0 Å². The number of aliphatic hydroxyl groups is 1. The van der Waals surface area contributed by atoms with Gasteiger partial charge in [0, 0.05) is 5.92 Å². The molecule has 2 aliphatic rings. The summed E-state index contributed by atoms with van der Waals surface area (Å²) in [4.78, 5) is 11.5. The zero-order valence-corrected chi connectivity index (χ0v) is 10.8. The lowest BCUT2D eigenvalue weighted by atomic mass is 9.53. The third-order valence-electron chi connectivity index (χ3n) is 5.20. The summed E-state index contributed by atoms with van der Waals surface area (Å²) in [5.74, 6) is 0.777. The molecule has 3 unspecified atom stereocenters. The van der Waals surface area contributed by atoms with Crippen molar-refractivity contribution in [3.05, 3.63) is 0 Å². The number of Topliss-reactive ketones (excluding diaryl/α,β-unsaturated/α-hetero) is 1. The topological polar surface area (TPSA) is 37.3 Å².